The highest BCUT2D eigenvalue weighted by Gasteiger charge is 2.18. The normalized spacial score (nSPS) is 15.5. The fourth-order valence-electron chi connectivity index (χ4n) is 3.83. The van der Waals surface area contributed by atoms with Crippen molar-refractivity contribution in [1.82, 2.24) is 14.8 Å². The van der Waals surface area contributed by atoms with Crippen molar-refractivity contribution in [3.8, 4) is 5.69 Å². The van der Waals surface area contributed by atoms with Crippen LogP contribution < -0.4 is 4.72 Å². The number of aromatic nitrogens is 3. The molecular weight excluding hydrogens is 372 g/mol. The van der Waals surface area contributed by atoms with Crippen molar-refractivity contribution in [2.45, 2.75) is 49.8 Å². The van der Waals surface area contributed by atoms with Crippen molar-refractivity contribution in [2.75, 3.05) is 4.72 Å². The molecular formula is C21H24N4O2S. The van der Waals surface area contributed by atoms with E-state index in [0.717, 1.165) is 11.5 Å². The van der Waals surface area contributed by atoms with Crippen LogP contribution in [0.4, 0.5) is 5.69 Å². The van der Waals surface area contributed by atoms with Crippen molar-refractivity contribution in [3.05, 3.63) is 66.2 Å². The first-order valence-electron chi connectivity index (χ1n) is 9.63. The van der Waals surface area contributed by atoms with E-state index < -0.39 is 10.0 Å². The van der Waals surface area contributed by atoms with Gasteiger partial charge < -0.3 is 0 Å². The minimum absolute atomic E-state index is 0.276. The van der Waals surface area contributed by atoms with Gasteiger partial charge in [0.1, 0.15) is 12.2 Å². The summed E-state index contributed by atoms with van der Waals surface area (Å²) in [6, 6.07) is 14.5. The Hall–Kier alpha value is -2.67. The number of hydrogen-bond acceptors (Lipinski definition) is 4. The van der Waals surface area contributed by atoms with Gasteiger partial charge in [0, 0.05) is 0 Å². The third-order valence-corrected chi connectivity index (χ3v) is 6.76. The SMILES string of the molecule is Cc1nncn1-c1cccc(NS(=O)(=O)c2ccc(C3CCCCC3)cc2)c1. The molecule has 28 heavy (non-hydrogen) atoms. The zero-order valence-electron chi connectivity index (χ0n) is 15.9. The fraction of sp³-hybridized carbons (Fsp3) is 0.333. The van der Waals surface area contributed by atoms with Crippen molar-refractivity contribution >= 4 is 15.7 Å². The second-order valence-corrected chi connectivity index (χ2v) is 8.99. The molecule has 3 aromatic rings. The van der Waals surface area contributed by atoms with Crippen LogP contribution in [-0.2, 0) is 10.0 Å². The van der Waals surface area contributed by atoms with Crippen LogP contribution in [0.5, 0.6) is 0 Å². The second kappa shape index (κ2) is 7.75. The van der Waals surface area contributed by atoms with E-state index in [4.69, 9.17) is 0 Å². The second-order valence-electron chi connectivity index (χ2n) is 7.31. The van der Waals surface area contributed by atoms with Crippen molar-refractivity contribution < 1.29 is 8.42 Å². The molecule has 0 aliphatic heterocycles. The predicted molar refractivity (Wildman–Crippen MR) is 109 cm³/mol. The molecule has 1 aromatic heterocycles. The van der Waals surface area contributed by atoms with Crippen molar-refractivity contribution in [2.24, 2.45) is 0 Å². The molecule has 1 aliphatic rings. The molecule has 0 unspecified atom stereocenters. The third kappa shape index (κ3) is 3.94. The van der Waals surface area contributed by atoms with Crippen molar-refractivity contribution in [3.63, 3.8) is 0 Å². The maximum Gasteiger partial charge on any atom is 0.261 e. The highest BCUT2D eigenvalue weighted by molar-refractivity contribution is 7.92. The predicted octanol–water partition coefficient (Wildman–Crippen LogP) is 4.42. The highest BCUT2D eigenvalue weighted by atomic mass is 32.2. The first kappa shape index (κ1) is 18.7. The molecule has 7 heteroatoms. The molecule has 0 bridgehead atoms. The summed E-state index contributed by atoms with van der Waals surface area (Å²) in [5.74, 6) is 1.29. The minimum Gasteiger partial charge on any atom is -0.286 e. The summed E-state index contributed by atoms with van der Waals surface area (Å²) in [6.07, 6.45) is 7.82. The van der Waals surface area contributed by atoms with Crippen LogP contribution in [0.25, 0.3) is 5.69 Å². The minimum atomic E-state index is -3.65. The summed E-state index contributed by atoms with van der Waals surface area (Å²) in [6.45, 7) is 1.84. The van der Waals surface area contributed by atoms with Crippen LogP contribution in [0.15, 0.2) is 59.8 Å². The zero-order valence-corrected chi connectivity index (χ0v) is 16.7. The maximum atomic E-state index is 12.8. The Labute approximate surface area is 165 Å². The standard InChI is InChI=1S/C21H24N4O2S/c1-16-23-22-15-25(16)20-9-5-8-19(14-20)24-28(26,27)21-12-10-18(11-13-21)17-6-3-2-4-7-17/h5,8-15,17,24H,2-4,6-7H2,1H3. The van der Waals surface area contributed by atoms with E-state index in [1.165, 1.54) is 37.7 Å². The van der Waals surface area contributed by atoms with Gasteiger partial charge in [-0.3, -0.25) is 9.29 Å². The monoisotopic (exact) mass is 396 g/mol. The van der Waals surface area contributed by atoms with Gasteiger partial charge in [-0.05, 0) is 61.6 Å². The lowest BCUT2D eigenvalue weighted by molar-refractivity contribution is 0.443. The molecule has 146 valence electrons. The molecule has 1 N–H and O–H groups in total. The van der Waals surface area contributed by atoms with E-state index >= 15 is 0 Å². The number of hydrogen-bond donors (Lipinski definition) is 1. The van der Waals surface area contributed by atoms with E-state index in [1.54, 1.807) is 41.2 Å². The number of nitrogens with zero attached hydrogens (tertiary/aromatic N) is 3. The quantitative estimate of drug-likeness (QED) is 0.692. The van der Waals surface area contributed by atoms with Gasteiger partial charge in [-0.2, -0.15) is 0 Å². The van der Waals surface area contributed by atoms with Gasteiger partial charge in [0.2, 0.25) is 0 Å². The highest BCUT2D eigenvalue weighted by Crippen LogP contribution is 2.33. The zero-order chi connectivity index (χ0) is 19.6. The lowest BCUT2D eigenvalue weighted by Gasteiger charge is -2.22. The third-order valence-electron chi connectivity index (χ3n) is 5.36. The number of aryl methyl sites for hydroxylation is 1. The van der Waals surface area contributed by atoms with Crippen LogP contribution in [0.1, 0.15) is 49.4 Å². The van der Waals surface area contributed by atoms with Gasteiger partial charge in [-0.15, -0.1) is 10.2 Å². The van der Waals surface area contributed by atoms with E-state index in [9.17, 15) is 8.42 Å². The van der Waals surface area contributed by atoms with E-state index in [2.05, 4.69) is 14.9 Å². The van der Waals surface area contributed by atoms with Crippen LogP contribution in [-0.4, -0.2) is 23.2 Å². The summed E-state index contributed by atoms with van der Waals surface area (Å²) < 4.78 is 30.1. The summed E-state index contributed by atoms with van der Waals surface area (Å²) in [5.41, 5.74) is 2.54. The summed E-state index contributed by atoms with van der Waals surface area (Å²) in [7, 11) is -3.65. The van der Waals surface area contributed by atoms with Gasteiger partial charge in [0.25, 0.3) is 10.0 Å². The number of rotatable bonds is 5. The molecule has 0 amide bonds. The number of nitrogens with one attached hydrogen (secondary N) is 1. The topological polar surface area (TPSA) is 76.9 Å². The van der Waals surface area contributed by atoms with Crippen LogP contribution >= 0.6 is 0 Å². The lowest BCUT2D eigenvalue weighted by atomic mass is 9.84. The van der Waals surface area contributed by atoms with Crippen LogP contribution in [0, 0.1) is 6.92 Å². The fourth-order valence-corrected chi connectivity index (χ4v) is 4.88. The number of benzene rings is 2. The Morgan fingerprint density at radius 1 is 1.04 bits per heavy atom. The number of anilines is 1. The molecule has 1 aliphatic carbocycles. The van der Waals surface area contributed by atoms with Crippen LogP contribution in [0.3, 0.4) is 0 Å². The molecule has 0 saturated heterocycles. The van der Waals surface area contributed by atoms with Gasteiger partial charge in [-0.1, -0.05) is 37.5 Å². The van der Waals surface area contributed by atoms with Gasteiger partial charge in [0.15, 0.2) is 0 Å². The summed E-state index contributed by atoms with van der Waals surface area (Å²) in [5, 5.41) is 7.84. The van der Waals surface area contributed by atoms with Gasteiger partial charge in [-0.25, -0.2) is 8.42 Å². The molecule has 2 aromatic carbocycles. The average Bonchev–Trinajstić information content (AvgIpc) is 3.15. The van der Waals surface area contributed by atoms with Gasteiger partial charge >= 0.3 is 0 Å². The Morgan fingerprint density at radius 2 is 1.79 bits per heavy atom. The Bertz CT molecular complexity index is 1050. The molecule has 0 spiro atoms. The van der Waals surface area contributed by atoms with Crippen molar-refractivity contribution in [1.29, 1.82) is 0 Å². The lowest BCUT2D eigenvalue weighted by Crippen LogP contribution is -2.13. The van der Waals surface area contributed by atoms with Gasteiger partial charge in [0.05, 0.1) is 16.3 Å². The van der Waals surface area contributed by atoms with E-state index in [0.29, 0.717) is 11.6 Å². The molecule has 6 nitrogen and oxygen atoms in total. The molecule has 0 atom stereocenters. The average molecular weight is 397 g/mol. The Kier molecular flexibility index (Phi) is 5.17. The molecule has 0 radical (unpaired) electrons. The molecule has 1 fully saturated rings. The maximum absolute atomic E-state index is 12.8. The summed E-state index contributed by atoms with van der Waals surface area (Å²) in [4.78, 5) is 0.276. The Morgan fingerprint density at radius 3 is 2.46 bits per heavy atom. The molecule has 1 heterocycles. The Balaban J connectivity index is 1.53. The van der Waals surface area contributed by atoms with Crippen LogP contribution in [0.2, 0.25) is 0 Å². The number of sulfonamides is 1. The molecule has 4 rings (SSSR count). The van der Waals surface area contributed by atoms with E-state index in [1.807, 2.05) is 25.1 Å². The summed E-state index contributed by atoms with van der Waals surface area (Å²) >= 11 is 0. The first-order valence-corrected chi connectivity index (χ1v) is 11.1. The first-order chi connectivity index (χ1) is 13.5. The largest absolute Gasteiger partial charge is 0.286 e. The van der Waals surface area contributed by atoms with E-state index in [-0.39, 0.29) is 4.90 Å². The smallest absolute Gasteiger partial charge is 0.261 e. The molecule has 1 saturated carbocycles.